The first kappa shape index (κ1) is 15.6. The maximum atomic E-state index is 6.02. The second-order valence-corrected chi connectivity index (χ2v) is 5.99. The molecule has 0 radical (unpaired) electrons. The number of hydrogen-bond acceptors (Lipinski definition) is 2. The van der Waals surface area contributed by atoms with Crippen LogP contribution in [0, 0.1) is 19.8 Å². The second kappa shape index (κ2) is 7.28. The Balaban J connectivity index is 2.04. The molecule has 0 unspecified atom stereocenters. The predicted octanol–water partition coefficient (Wildman–Crippen LogP) is 4.84. The number of para-hydroxylation sites is 1. The molecule has 1 N–H and O–H groups in total. The van der Waals surface area contributed by atoms with Gasteiger partial charge in [0, 0.05) is 6.54 Å². The molecule has 0 spiro atoms. The molecule has 2 nitrogen and oxygen atoms in total. The lowest BCUT2D eigenvalue weighted by Gasteiger charge is -2.13. The highest BCUT2D eigenvalue weighted by atomic mass is 16.5. The van der Waals surface area contributed by atoms with Gasteiger partial charge in [-0.1, -0.05) is 44.2 Å². The lowest BCUT2D eigenvalue weighted by molar-refractivity contribution is 0.474. The van der Waals surface area contributed by atoms with Crippen molar-refractivity contribution in [2.24, 2.45) is 5.92 Å². The standard InChI is InChI=1S/C19H25NO/c1-14(2)12-20-13-17-9-10-19(16(4)11-17)21-18-8-6-5-7-15(18)3/h5-11,14,20H,12-13H2,1-4H3. The van der Waals surface area contributed by atoms with Crippen molar-refractivity contribution in [1.82, 2.24) is 5.32 Å². The molecule has 0 fully saturated rings. The maximum absolute atomic E-state index is 6.02. The van der Waals surface area contributed by atoms with Crippen molar-refractivity contribution in [3.63, 3.8) is 0 Å². The molecule has 112 valence electrons. The van der Waals surface area contributed by atoms with Crippen molar-refractivity contribution < 1.29 is 4.74 Å². The van der Waals surface area contributed by atoms with Crippen LogP contribution in [-0.4, -0.2) is 6.54 Å². The lowest BCUT2D eigenvalue weighted by atomic mass is 10.1. The second-order valence-electron chi connectivity index (χ2n) is 5.99. The molecule has 21 heavy (non-hydrogen) atoms. The van der Waals surface area contributed by atoms with Crippen LogP contribution in [0.3, 0.4) is 0 Å². The Labute approximate surface area is 128 Å². The van der Waals surface area contributed by atoms with Crippen LogP contribution in [0.25, 0.3) is 0 Å². The zero-order valence-electron chi connectivity index (χ0n) is 13.4. The van der Waals surface area contributed by atoms with Crippen LogP contribution >= 0.6 is 0 Å². The fourth-order valence-electron chi connectivity index (χ4n) is 2.23. The van der Waals surface area contributed by atoms with Gasteiger partial charge in [-0.3, -0.25) is 0 Å². The molecule has 2 heteroatoms. The van der Waals surface area contributed by atoms with E-state index in [0.717, 1.165) is 30.2 Å². The monoisotopic (exact) mass is 283 g/mol. The number of ether oxygens (including phenoxy) is 1. The quantitative estimate of drug-likeness (QED) is 0.819. The number of rotatable bonds is 6. The SMILES string of the molecule is Cc1ccccc1Oc1ccc(CNCC(C)C)cc1C. The van der Waals surface area contributed by atoms with E-state index in [-0.39, 0.29) is 0 Å². The van der Waals surface area contributed by atoms with Crippen molar-refractivity contribution in [2.45, 2.75) is 34.2 Å². The predicted molar refractivity (Wildman–Crippen MR) is 89.0 cm³/mol. The Hall–Kier alpha value is -1.80. The summed E-state index contributed by atoms with van der Waals surface area (Å²) in [6, 6.07) is 14.5. The van der Waals surface area contributed by atoms with Gasteiger partial charge in [0.1, 0.15) is 11.5 Å². The average molecular weight is 283 g/mol. The first-order chi connectivity index (χ1) is 10.1. The summed E-state index contributed by atoms with van der Waals surface area (Å²) in [5.74, 6) is 2.53. The Morgan fingerprint density at radius 1 is 0.952 bits per heavy atom. The van der Waals surface area contributed by atoms with E-state index in [4.69, 9.17) is 4.74 Å². The highest BCUT2D eigenvalue weighted by Crippen LogP contribution is 2.27. The molecule has 2 aromatic carbocycles. The molecule has 0 aliphatic carbocycles. The van der Waals surface area contributed by atoms with Gasteiger partial charge in [-0.25, -0.2) is 0 Å². The molecule has 0 amide bonds. The van der Waals surface area contributed by atoms with Gasteiger partial charge in [0.15, 0.2) is 0 Å². The van der Waals surface area contributed by atoms with Crippen molar-refractivity contribution >= 4 is 0 Å². The van der Waals surface area contributed by atoms with Crippen molar-refractivity contribution in [2.75, 3.05) is 6.54 Å². The van der Waals surface area contributed by atoms with E-state index in [0.29, 0.717) is 5.92 Å². The Morgan fingerprint density at radius 3 is 2.33 bits per heavy atom. The van der Waals surface area contributed by atoms with Gasteiger partial charge in [-0.2, -0.15) is 0 Å². The third-order valence-corrected chi connectivity index (χ3v) is 3.43. The summed E-state index contributed by atoms with van der Waals surface area (Å²) in [5.41, 5.74) is 3.62. The summed E-state index contributed by atoms with van der Waals surface area (Å²) in [4.78, 5) is 0. The molecule has 0 saturated heterocycles. The Kier molecular flexibility index (Phi) is 5.40. The smallest absolute Gasteiger partial charge is 0.130 e. The highest BCUT2D eigenvalue weighted by molar-refractivity contribution is 5.42. The van der Waals surface area contributed by atoms with E-state index in [1.54, 1.807) is 0 Å². The largest absolute Gasteiger partial charge is 0.457 e. The van der Waals surface area contributed by atoms with Gasteiger partial charge >= 0.3 is 0 Å². The summed E-state index contributed by atoms with van der Waals surface area (Å²) < 4.78 is 6.02. The van der Waals surface area contributed by atoms with Crippen molar-refractivity contribution in [3.05, 3.63) is 59.2 Å². The molecule has 0 aliphatic rings. The van der Waals surface area contributed by atoms with Gasteiger partial charge in [-0.15, -0.1) is 0 Å². The fourth-order valence-corrected chi connectivity index (χ4v) is 2.23. The molecule has 0 saturated carbocycles. The molecule has 0 aliphatic heterocycles. The molecular formula is C19H25NO. The first-order valence-corrected chi connectivity index (χ1v) is 7.60. The molecule has 0 heterocycles. The van der Waals surface area contributed by atoms with Crippen LogP contribution in [-0.2, 0) is 6.54 Å². The molecular weight excluding hydrogens is 258 g/mol. The summed E-state index contributed by atoms with van der Waals surface area (Å²) >= 11 is 0. The normalized spacial score (nSPS) is 10.9. The van der Waals surface area contributed by atoms with Crippen LogP contribution in [0.15, 0.2) is 42.5 Å². The molecule has 0 atom stereocenters. The zero-order chi connectivity index (χ0) is 15.2. The van der Waals surface area contributed by atoms with Gasteiger partial charge in [0.25, 0.3) is 0 Å². The Bertz CT molecular complexity index is 590. The molecule has 2 aromatic rings. The van der Waals surface area contributed by atoms with Crippen LogP contribution in [0.1, 0.15) is 30.5 Å². The number of hydrogen-bond donors (Lipinski definition) is 1. The van der Waals surface area contributed by atoms with Crippen molar-refractivity contribution in [3.8, 4) is 11.5 Å². The van der Waals surface area contributed by atoms with Gasteiger partial charge in [-0.05, 0) is 55.1 Å². The van der Waals surface area contributed by atoms with E-state index in [1.807, 2.05) is 18.2 Å². The van der Waals surface area contributed by atoms with E-state index in [9.17, 15) is 0 Å². The van der Waals surface area contributed by atoms with Gasteiger partial charge in [0.2, 0.25) is 0 Å². The van der Waals surface area contributed by atoms with Gasteiger partial charge in [0.05, 0.1) is 0 Å². The van der Waals surface area contributed by atoms with Crippen molar-refractivity contribution in [1.29, 1.82) is 0 Å². The van der Waals surface area contributed by atoms with Gasteiger partial charge < -0.3 is 10.1 Å². The third-order valence-electron chi connectivity index (χ3n) is 3.43. The van der Waals surface area contributed by atoms with Crippen LogP contribution in [0.4, 0.5) is 0 Å². The van der Waals surface area contributed by atoms with Crippen LogP contribution in [0.5, 0.6) is 11.5 Å². The van der Waals surface area contributed by atoms with E-state index in [1.165, 1.54) is 11.1 Å². The molecule has 0 bridgehead atoms. The lowest BCUT2D eigenvalue weighted by Crippen LogP contribution is -2.18. The topological polar surface area (TPSA) is 21.3 Å². The van der Waals surface area contributed by atoms with E-state index in [2.05, 4.69) is 57.3 Å². The molecule has 2 rings (SSSR count). The summed E-state index contributed by atoms with van der Waals surface area (Å²) in [7, 11) is 0. The third kappa shape index (κ3) is 4.61. The minimum Gasteiger partial charge on any atom is -0.457 e. The van der Waals surface area contributed by atoms with Crippen LogP contribution < -0.4 is 10.1 Å². The maximum Gasteiger partial charge on any atom is 0.130 e. The minimum absolute atomic E-state index is 0.676. The zero-order valence-corrected chi connectivity index (χ0v) is 13.4. The summed E-state index contributed by atoms with van der Waals surface area (Å²) in [5, 5.41) is 3.47. The van der Waals surface area contributed by atoms with Crippen LogP contribution in [0.2, 0.25) is 0 Å². The van der Waals surface area contributed by atoms with E-state index < -0.39 is 0 Å². The highest BCUT2D eigenvalue weighted by Gasteiger charge is 2.05. The number of benzene rings is 2. The minimum atomic E-state index is 0.676. The average Bonchev–Trinajstić information content (AvgIpc) is 2.43. The molecule has 0 aromatic heterocycles. The Morgan fingerprint density at radius 2 is 1.67 bits per heavy atom. The number of aryl methyl sites for hydroxylation is 2. The summed E-state index contributed by atoms with van der Waals surface area (Å²) in [6.07, 6.45) is 0. The fraction of sp³-hybridized carbons (Fsp3) is 0.368. The summed E-state index contributed by atoms with van der Waals surface area (Å²) in [6.45, 7) is 10.5. The number of nitrogens with one attached hydrogen (secondary N) is 1. The first-order valence-electron chi connectivity index (χ1n) is 7.60. The van der Waals surface area contributed by atoms with E-state index >= 15 is 0 Å².